The minimum Gasteiger partial charge on any atom is -0.378 e. The topological polar surface area (TPSA) is 69.7 Å². The van der Waals surface area contributed by atoms with E-state index in [0.29, 0.717) is 5.56 Å². The monoisotopic (exact) mass is 437 g/mol. The minimum absolute atomic E-state index is 0.00777. The molecule has 1 aliphatic heterocycles. The Kier molecular flexibility index (Phi) is 5.20. The molecule has 6 nitrogen and oxygen atoms in total. The lowest BCUT2D eigenvalue weighted by molar-refractivity contribution is 0.0925. The van der Waals surface area contributed by atoms with Gasteiger partial charge in [0, 0.05) is 25.3 Å². The molecule has 3 aromatic carbocycles. The van der Waals surface area contributed by atoms with Crippen molar-refractivity contribution in [3.05, 3.63) is 88.2 Å². The molecule has 156 valence electrons. The van der Waals surface area contributed by atoms with Crippen LogP contribution in [-0.2, 0) is 0 Å². The van der Waals surface area contributed by atoms with Crippen LogP contribution < -0.4 is 15.1 Å². The molecule has 0 spiro atoms. The Morgan fingerprint density at radius 1 is 0.968 bits per heavy atom. The van der Waals surface area contributed by atoms with Crippen LogP contribution in [0, 0.1) is 5.82 Å². The van der Waals surface area contributed by atoms with Gasteiger partial charge in [-0.3, -0.25) is 14.4 Å². The van der Waals surface area contributed by atoms with E-state index in [4.69, 9.17) is 11.6 Å². The van der Waals surface area contributed by atoms with Gasteiger partial charge in [-0.05, 0) is 42.5 Å². The molecule has 0 fully saturated rings. The van der Waals surface area contributed by atoms with Gasteiger partial charge in [0.2, 0.25) is 0 Å². The van der Waals surface area contributed by atoms with Gasteiger partial charge in [0.1, 0.15) is 5.82 Å². The van der Waals surface area contributed by atoms with E-state index in [9.17, 15) is 18.8 Å². The summed E-state index contributed by atoms with van der Waals surface area (Å²) < 4.78 is 14.6. The number of hydrogen-bond acceptors (Lipinski definition) is 4. The van der Waals surface area contributed by atoms with E-state index >= 15 is 0 Å². The van der Waals surface area contributed by atoms with Crippen molar-refractivity contribution in [3.8, 4) is 0 Å². The van der Waals surface area contributed by atoms with Crippen molar-refractivity contribution in [2.24, 2.45) is 0 Å². The highest BCUT2D eigenvalue weighted by atomic mass is 35.5. The van der Waals surface area contributed by atoms with Crippen LogP contribution in [0.1, 0.15) is 31.1 Å². The number of anilines is 3. The van der Waals surface area contributed by atoms with Crippen molar-refractivity contribution in [1.29, 1.82) is 0 Å². The normalized spacial score (nSPS) is 12.7. The van der Waals surface area contributed by atoms with Crippen LogP contribution in [0.3, 0.4) is 0 Å². The van der Waals surface area contributed by atoms with Crippen molar-refractivity contribution in [2.45, 2.75) is 0 Å². The predicted octanol–water partition coefficient (Wildman–Crippen LogP) is 4.60. The van der Waals surface area contributed by atoms with Crippen LogP contribution in [-0.4, -0.2) is 31.8 Å². The summed E-state index contributed by atoms with van der Waals surface area (Å²) in [7, 11) is 3.68. The van der Waals surface area contributed by atoms with E-state index < -0.39 is 23.5 Å². The summed E-state index contributed by atoms with van der Waals surface area (Å²) >= 11 is 6.16. The number of amides is 3. The minimum atomic E-state index is -0.789. The van der Waals surface area contributed by atoms with Crippen molar-refractivity contribution in [1.82, 2.24) is 0 Å². The Morgan fingerprint density at radius 3 is 2.23 bits per heavy atom. The van der Waals surface area contributed by atoms with Gasteiger partial charge >= 0.3 is 0 Å². The summed E-state index contributed by atoms with van der Waals surface area (Å²) in [5.74, 6) is -2.46. The van der Waals surface area contributed by atoms with E-state index in [1.807, 2.05) is 25.1 Å². The number of benzene rings is 3. The summed E-state index contributed by atoms with van der Waals surface area (Å²) in [6.45, 7) is 0. The zero-order chi connectivity index (χ0) is 22.3. The van der Waals surface area contributed by atoms with Crippen LogP contribution in [0.2, 0.25) is 5.02 Å². The highest BCUT2D eigenvalue weighted by Gasteiger charge is 2.37. The number of hydrogen-bond donors (Lipinski definition) is 1. The first-order valence-corrected chi connectivity index (χ1v) is 9.71. The molecule has 0 saturated carbocycles. The third-order valence-electron chi connectivity index (χ3n) is 4.94. The van der Waals surface area contributed by atoms with E-state index in [-0.39, 0.29) is 27.5 Å². The quantitative estimate of drug-likeness (QED) is 0.606. The molecule has 3 amide bonds. The van der Waals surface area contributed by atoms with Crippen molar-refractivity contribution in [3.63, 3.8) is 0 Å². The Hall–Kier alpha value is -3.71. The summed E-state index contributed by atoms with van der Waals surface area (Å²) in [6, 6.07) is 15.3. The van der Waals surface area contributed by atoms with Gasteiger partial charge in [-0.2, -0.15) is 0 Å². The van der Waals surface area contributed by atoms with Gasteiger partial charge in [-0.25, -0.2) is 9.29 Å². The van der Waals surface area contributed by atoms with Crippen LogP contribution in [0.4, 0.5) is 21.5 Å². The first-order valence-electron chi connectivity index (χ1n) is 9.33. The Morgan fingerprint density at radius 2 is 1.61 bits per heavy atom. The molecule has 3 aromatic rings. The molecule has 0 unspecified atom stereocenters. The molecule has 0 atom stereocenters. The van der Waals surface area contributed by atoms with E-state index in [2.05, 4.69) is 5.32 Å². The third-order valence-corrected chi connectivity index (χ3v) is 5.25. The van der Waals surface area contributed by atoms with Crippen LogP contribution in [0.15, 0.2) is 60.7 Å². The zero-order valence-corrected chi connectivity index (χ0v) is 17.4. The molecule has 0 saturated heterocycles. The van der Waals surface area contributed by atoms with Gasteiger partial charge in [0.05, 0.1) is 27.5 Å². The SMILES string of the molecule is CN(C)c1cccc(C(=O)Nc2cc(N3C(=O)c4ccccc4C3=O)c(Cl)cc2F)c1. The second kappa shape index (κ2) is 7.85. The molecular formula is C23H17ClFN3O3. The molecule has 0 aliphatic carbocycles. The zero-order valence-electron chi connectivity index (χ0n) is 16.6. The fourth-order valence-electron chi connectivity index (χ4n) is 3.33. The molecule has 4 rings (SSSR count). The van der Waals surface area contributed by atoms with Crippen molar-refractivity contribution < 1.29 is 18.8 Å². The van der Waals surface area contributed by atoms with Gasteiger partial charge < -0.3 is 10.2 Å². The molecule has 0 bridgehead atoms. The van der Waals surface area contributed by atoms with E-state index in [0.717, 1.165) is 16.7 Å². The fraction of sp³-hybridized carbons (Fsp3) is 0.0870. The number of imide groups is 1. The molecule has 1 aliphatic rings. The lowest BCUT2D eigenvalue weighted by Crippen LogP contribution is -2.30. The molecule has 8 heteroatoms. The Bertz CT molecular complexity index is 1210. The van der Waals surface area contributed by atoms with Gasteiger partial charge in [0.15, 0.2) is 0 Å². The smallest absolute Gasteiger partial charge is 0.266 e. The molecule has 0 aromatic heterocycles. The van der Waals surface area contributed by atoms with Crippen LogP contribution in [0.5, 0.6) is 0 Å². The van der Waals surface area contributed by atoms with Crippen LogP contribution in [0.25, 0.3) is 0 Å². The van der Waals surface area contributed by atoms with E-state index in [1.165, 1.54) is 18.2 Å². The molecule has 0 radical (unpaired) electrons. The van der Waals surface area contributed by atoms with Crippen LogP contribution >= 0.6 is 11.6 Å². The van der Waals surface area contributed by atoms with Crippen molar-refractivity contribution >= 4 is 46.4 Å². The Labute approximate surface area is 182 Å². The molecule has 1 heterocycles. The summed E-state index contributed by atoms with van der Waals surface area (Å²) in [6.07, 6.45) is 0. The number of nitrogens with zero attached hydrogens (tertiary/aromatic N) is 2. The highest BCUT2D eigenvalue weighted by molar-refractivity contribution is 6.40. The maximum atomic E-state index is 14.6. The number of nitrogens with one attached hydrogen (secondary N) is 1. The second-order valence-electron chi connectivity index (χ2n) is 7.17. The lowest BCUT2D eigenvalue weighted by Gasteiger charge is -2.18. The average molecular weight is 438 g/mol. The molecular weight excluding hydrogens is 421 g/mol. The highest BCUT2D eigenvalue weighted by Crippen LogP contribution is 2.36. The number of rotatable bonds is 4. The third kappa shape index (κ3) is 3.64. The van der Waals surface area contributed by atoms with Crippen molar-refractivity contribution in [2.75, 3.05) is 29.2 Å². The average Bonchev–Trinajstić information content (AvgIpc) is 3.00. The fourth-order valence-corrected chi connectivity index (χ4v) is 3.57. The first kappa shape index (κ1) is 20.6. The number of halogens is 2. The van der Waals surface area contributed by atoms with E-state index in [1.54, 1.807) is 30.3 Å². The maximum absolute atomic E-state index is 14.6. The van der Waals surface area contributed by atoms with Gasteiger partial charge in [-0.15, -0.1) is 0 Å². The predicted molar refractivity (Wildman–Crippen MR) is 118 cm³/mol. The summed E-state index contributed by atoms with van der Waals surface area (Å²) in [4.78, 5) is 40.9. The maximum Gasteiger partial charge on any atom is 0.266 e. The molecule has 1 N–H and O–H groups in total. The standard InChI is InChI=1S/C23H17ClFN3O3/c1-27(2)14-7-5-6-13(10-14)21(29)26-19-12-20(17(24)11-18(19)25)28-22(30)15-8-3-4-9-16(15)23(28)31/h3-12H,1-2H3,(H,26,29). The lowest BCUT2D eigenvalue weighted by atomic mass is 10.1. The number of carbonyl (C=O) groups is 3. The number of carbonyl (C=O) groups excluding carboxylic acids is 3. The van der Waals surface area contributed by atoms with Gasteiger partial charge in [0.25, 0.3) is 17.7 Å². The second-order valence-corrected chi connectivity index (χ2v) is 7.58. The summed E-state index contributed by atoms with van der Waals surface area (Å²) in [5, 5.41) is 2.37. The summed E-state index contributed by atoms with van der Waals surface area (Å²) in [5.41, 5.74) is 1.39. The number of fused-ring (bicyclic) bond motifs is 1. The molecule has 31 heavy (non-hydrogen) atoms. The first-order chi connectivity index (χ1) is 14.8. The van der Waals surface area contributed by atoms with Gasteiger partial charge in [-0.1, -0.05) is 29.8 Å². The largest absolute Gasteiger partial charge is 0.378 e. The Balaban J connectivity index is 1.68.